The number of halogens is 1. The summed E-state index contributed by atoms with van der Waals surface area (Å²) >= 11 is 5.67. The monoisotopic (exact) mass is 198 g/mol. The molecule has 6 nitrogen and oxygen atoms in total. The largest absolute Gasteiger partial charge is 0.317 e. The van der Waals surface area contributed by atoms with E-state index in [9.17, 15) is 10.1 Å². The Labute approximate surface area is 76.9 Å². The molecule has 2 aromatic rings. The molecule has 0 unspecified atom stereocenters. The maximum absolute atomic E-state index is 10.5. The Morgan fingerprint density at radius 1 is 1.62 bits per heavy atom. The molecule has 0 spiro atoms. The lowest BCUT2D eigenvalue weighted by Crippen LogP contribution is -1.91. The van der Waals surface area contributed by atoms with Gasteiger partial charge < -0.3 is 0 Å². The number of nitrogens with zero attached hydrogens (tertiary/aromatic N) is 4. The molecule has 7 heteroatoms. The first-order valence-corrected chi connectivity index (χ1v) is 3.70. The van der Waals surface area contributed by atoms with Crippen molar-refractivity contribution in [2.24, 2.45) is 0 Å². The molecule has 0 aliphatic carbocycles. The number of rotatable bonds is 1. The fourth-order valence-corrected chi connectivity index (χ4v) is 1.26. The topological polar surface area (TPSA) is 73.3 Å². The third kappa shape index (κ3) is 1.11. The lowest BCUT2D eigenvalue weighted by molar-refractivity contribution is -0.383. The first-order chi connectivity index (χ1) is 6.20. The van der Waals surface area contributed by atoms with E-state index in [1.165, 1.54) is 16.9 Å². The van der Waals surface area contributed by atoms with Gasteiger partial charge in [-0.3, -0.25) is 10.1 Å². The third-order valence-electron chi connectivity index (χ3n) is 1.56. The van der Waals surface area contributed by atoms with Crippen LogP contribution in [0.1, 0.15) is 0 Å². The molecule has 0 N–H and O–H groups in total. The van der Waals surface area contributed by atoms with Crippen molar-refractivity contribution in [1.82, 2.24) is 14.6 Å². The summed E-state index contributed by atoms with van der Waals surface area (Å²) in [4.78, 5) is 13.7. The van der Waals surface area contributed by atoms with Gasteiger partial charge in [0, 0.05) is 12.4 Å². The molecule has 0 aliphatic rings. The first-order valence-electron chi connectivity index (χ1n) is 3.32. The van der Waals surface area contributed by atoms with Crippen LogP contribution in [0, 0.1) is 10.1 Å². The van der Waals surface area contributed by atoms with Crippen molar-refractivity contribution in [2.75, 3.05) is 0 Å². The Balaban J connectivity index is 2.86. The predicted octanol–water partition coefficient (Wildman–Crippen LogP) is 1.29. The van der Waals surface area contributed by atoms with E-state index in [0.717, 1.165) is 6.20 Å². The molecule has 0 radical (unpaired) electrons. The second-order valence-electron chi connectivity index (χ2n) is 2.30. The van der Waals surface area contributed by atoms with Crippen molar-refractivity contribution in [2.45, 2.75) is 0 Å². The van der Waals surface area contributed by atoms with E-state index >= 15 is 0 Å². The van der Waals surface area contributed by atoms with Gasteiger partial charge in [0.05, 0.1) is 4.92 Å². The molecule has 66 valence electrons. The van der Waals surface area contributed by atoms with Crippen LogP contribution in [0.3, 0.4) is 0 Å². The van der Waals surface area contributed by atoms with Gasteiger partial charge in [-0.25, -0.2) is 9.50 Å². The zero-order chi connectivity index (χ0) is 9.42. The van der Waals surface area contributed by atoms with E-state index in [1.54, 1.807) is 0 Å². The van der Waals surface area contributed by atoms with Gasteiger partial charge in [-0.1, -0.05) is 11.6 Å². The standard InChI is InChI=1S/C6H3ClN4O2/c7-6-5-4(11(12)13)3-9-10(5)2-1-8-6/h1-3H. The average molecular weight is 199 g/mol. The van der Waals surface area contributed by atoms with Crippen molar-refractivity contribution >= 4 is 22.8 Å². The molecule has 2 heterocycles. The fourth-order valence-electron chi connectivity index (χ4n) is 1.02. The molecule has 0 aliphatic heterocycles. The van der Waals surface area contributed by atoms with Gasteiger partial charge in [-0.2, -0.15) is 5.10 Å². The van der Waals surface area contributed by atoms with Gasteiger partial charge in [0.25, 0.3) is 0 Å². The van der Waals surface area contributed by atoms with Gasteiger partial charge in [0.2, 0.25) is 0 Å². The second-order valence-corrected chi connectivity index (χ2v) is 2.66. The number of fused-ring (bicyclic) bond motifs is 1. The second kappa shape index (κ2) is 2.67. The van der Waals surface area contributed by atoms with Crippen LogP contribution in [0.25, 0.3) is 5.52 Å². The summed E-state index contributed by atoms with van der Waals surface area (Å²) in [6.07, 6.45) is 4.06. The fraction of sp³-hybridized carbons (Fsp3) is 0. The summed E-state index contributed by atoms with van der Waals surface area (Å²) in [5, 5.41) is 14.3. The van der Waals surface area contributed by atoms with Crippen LogP contribution < -0.4 is 0 Å². The van der Waals surface area contributed by atoms with E-state index in [1.807, 2.05) is 0 Å². The molecule has 0 fully saturated rings. The normalized spacial score (nSPS) is 10.5. The summed E-state index contributed by atoms with van der Waals surface area (Å²) in [6.45, 7) is 0. The molecule has 0 bridgehead atoms. The Morgan fingerprint density at radius 2 is 2.38 bits per heavy atom. The van der Waals surface area contributed by atoms with Gasteiger partial charge in [-0.05, 0) is 0 Å². The van der Waals surface area contributed by atoms with E-state index in [4.69, 9.17) is 11.6 Å². The van der Waals surface area contributed by atoms with Crippen LogP contribution in [-0.2, 0) is 0 Å². The smallest absolute Gasteiger partial charge is 0.258 e. The highest BCUT2D eigenvalue weighted by atomic mass is 35.5. The highest BCUT2D eigenvalue weighted by Gasteiger charge is 2.17. The van der Waals surface area contributed by atoms with Crippen molar-refractivity contribution < 1.29 is 4.92 Å². The molecular formula is C6H3ClN4O2. The number of hydrogen-bond donors (Lipinski definition) is 0. The molecule has 0 atom stereocenters. The first kappa shape index (κ1) is 7.93. The molecule has 0 amide bonds. The Bertz CT molecular complexity index is 480. The molecule has 2 rings (SSSR count). The Kier molecular flexibility index (Phi) is 1.63. The Hall–Kier alpha value is -1.69. The minimum Gasteiger partial charge on any atom is -0.258 e. The summed E-state index contributed by atoms with van der Waals surface area (Å²) < 4.78 is 1.31. The summed E-state index contributed by atoms with van der Waals surface area (Å²) in [5.74, 6) is 0. The van der Waals surface area contributed by atoms with Crippen LogP contribution >= 0.6 is 11.6 Å². The summed E-state index contributed by atoms with van der Waals surface area (Å²) in [5.41, 5.74) is 0.0762. The van der Waals surface area contributed by atoms with E-state index in [0.29, 0.717) is 0 Å². The zero-order valence-corrected chi connectivity index (χ0v) is 6.97. The number of nitro groups is 1. The van der Waals surface area contributed by atoms with Crippen molar-refractivity contribution in [3.63, 3.8) is 0 Å². The lowest BCUT2D eigenvalue weighted by atomic mass is 10.4. The number of hydrogen-bond acceptors (Lipinski definition) is 4. The average Bonchev–Trinajstić information content (AvgIpc) is 2.49. The third-order valence-corrected chi connectivity index (χ3v) is 1.84. The Morgan fingerprint density at radius 3 is 3.08 bits per heavy atom. The minimum atomic E-state index is -0.546. The zero-order valence-electron chi connectivity index (χ0n) is 6.22. The lowest BCUT2D eigenvalue weighted by Gasteiger charge is -1.92. The maximum Gasteiger partial charge on any atom is 0.317 e. The SMILES string of the molecule is O=[N+]([O-])c1cnn2ccnc(Cl)c12. The molecule has 2 aromatic heterocycles. The van der Waals surface area contributed by atoms with Crippen LogP contribution in [0.15, 0.2) is 18.6 Å². The van der Waals surface area contributed by atoms with E-state index < -0.39 is 4.92 Å². The van der Waals surface area contributed by atoms with E-state index in [-0.39, 0.29) is 16.4 Å². The van der Waals surface area contributed by atoms with Crippen LogP contribution in [0.2, 0.25) is 5.15 Å². The highest BCUT2D eigenvalue weighted by Crippen LogP contribution is 2.23. The van der Waals surface area contributed by atoms with Crippen LogP contribution in [0.5, 0.6) is 0 Å². The molecule has 0 saturated carbocycles. The number of aromatic nitrogens is 3. The van der Waals surface area contributed by atoms with E-state index in [2.05, 4.69) is 10.1 Å². The quantitative estimate of drug-likeness (QED) is 0.511. The molecule has 13 heavy (non-hydrogen) atoms. The van der Waals surface area contributed by atoms with Crippen LogP contribution in [0.4, 0.5) is 5.69 Å². The predicted molar refractivity (Wildman–Crippen MR) is 44.7 cm³/mol. The van der Waals surface area contributed by atoms with Crippen molar-refractivity contribution in [3.8, 4) is 0 Å². The summed E-state index contributed by atoms with van der Waals surface area (Å²) in [7, 11) is 0. The van der Waals surface area contributed by atoms with Gasteiger partial charge in [0.1, 0.15) is 6.20 Å². The van der Waals surface area contributed by atoms with Crippen molar-refractivity contribution in [3.05, 3.63) is 33.9 Å². The highest BCUT2D eigenvalue weighted by molar-refractivity contribution is 6.33. The maximum atomic E-state index is 10.5. The van der Waals surface area contributed by atoms with Crippen LogP contribution in [-0.4, -0.2) is 19.5 Å². The van der Waals surface area contributed by atoms with Gasteiger partial charge >= 0.3 is 5.69 Å². The van der Waals surface area contributed by atoms with Gasteiger partial charge in [-0.15, -0.1) is 0 Å². The molecule has 0 aromatic carbocycles. The van der Waals surface area contributed by atoms with Crippen molar-refractivity contribution in [1.29, 1.82) is 0 Å². The summed E-state index contributed by atoms with van der Waals surface area (Å²) in [6, 6.07) is 0. The molecule has 0 saturated heterocycles. The van der Waals surface area contributed by atoms with Gasteiger partial charge in [0.15, 0.2) is 10.7 Å². The minimum absolute atomic E-state index is 0.0756. The molecular weight excluding hydrogens is 196 g/mol.